The van der Waals surface area contributed by atoms with Crippen molar-refractivity contribution in [3.63, 3.8) is 0 Å². The van der Waals surface area contributed by atoms with Crippen molar-refractivity contribution in [2.45, 2.75) is 30.7 Å². The van der Waals surface area contributed by atoms with E-state index in [1.54, 1.807) is 18.2 Å². The predicted molar refractivity (Wildman–Crippen MR) is 134 cm³/mol. The van der Waals surface area contributed by atoms with Gasteiger partial charge in [0.15, 0.2) is 5.58 Å². The Bertz CT molecular complexity index is 1350. The average molecular weight is 537 g/mol. The van der Waals surface area contributed by atoms with Crippen LogP contribution in [0.5, 0.6) is 0 Å². The minimum absolute atomic E-state index is 0.0375. The van der Waals surface area contributed by atoms with Crippen molar-refractivity contribution in [1.82, 2.24) is 19.1 Å². The van der Waals surface area contributed by atoms with Gasteiger partial charge < -0.3 is 9.32 Å². The van der Waals surface area contributed by atoms with Gasteiger partial charge in [-0.1, -0.05) is 23.2 Å². The summed E-state index contributed by atoms with van der Waals surface area (Å²) in [6.07, 6.45) is 3.26. The van der Waals surface area contributed by atoms with Crippen LogP contribution in [0.2, 0.25) is 10.0 Å². The van der Waals surface area contributed by atoms with Gasteiger partial charge in [0.05, 0.1) is 21.5 Å². The highest BCUT2D eigenvalue weighted by Crippen LogP contribution is 2.27. The lowest BCUT2D eigenvalue weighted by Crippen LogP contribution is -2.48. The van der Waals surface area contributed by atoms with Crippen LogP contribution in [-0.4, -0.2) is 72.7 Å². The van der Waals surface area contributed by atoms with Gasteiger partial charge in [-0.25, -0.2) is 13.4 Å². The highest BCUT2D eigenvalue weighted by atomic mass is 35.5. The minimum atomic E-state index is -3.65. The summed E-state index contributed by atoms with van der Waals surface area (Å²) in [5.41, 5.74) is 1.92. The van der Waals surface area contributed by atoms with E-state index in [1.807, 2.05) is 4.90 Å². The number of benzene rings is 2. The van der Waals surface area contributed by atoms with Gasteiger partial charge in [0.2, 0.25) is 15.9 Å². The standard InChI is InChI=1S/C24H26Cl2N4O4S/c25-19-6-5-18(15-20(19)26)35(32,33)30-12-10-28(11-13-30)16-23-27-21-14-17(4-7-22(21)34-23)24(31)29-8-2-1-3-9-29/h4-7,14-15H,1-3,8-13,16H2. The van der Waals surface area contributed by atoms with Gasteiger partial charge in [-0.15, -0.1) is 0 Å². The lowest BCUT2D eigenvalue weighted by atomic mass is 10.1. The number of nitrogens with zero attached hydrogens (tertiary/aromatic N) is 4. The van der Waals surface area contributed by atoms with Gasteiger partial charge in [0, 0.05) is 44.8 Å². The van der Waals surface area contributed by atoms with E-state index in [4.69, 9.17) is 27.6 Å². The molecule has 5 rings (SSSR count). The molecule has 0 unspecified atom stereocenters. The molecule has 0 saturated carbocycles. The Balaban J connectivity index is 1.22. The van der Waals surface area contributed by atoms with Crippen LogP contribution in [0, 0.1) is 0 Å². The first kappa shape index (κ1) is 24.5. The van der Waals surface area contributed by atoms with E-state index in [9.17, 15) is 13.2 Å². The van der Waals surface area contributed by atoms with Crippen LogP contribution in [0.3, 0.4) is 0 Å². The zero-order valence-electron chi connectivity index (χ0n) is 19.1. The summed E-state index contributed by atoms with van der Waals surface area (Å²) in [6, 6.07) is 9.73. The molecule has 2 aliphatic heterocycles. The first-order valence-corrected chi connectivity index (χ1v) is 13.9. The number of amides is 1. The molecule has 0 spiro atoms. The SMILES string of the molecule is O=C(c1ccc2oc(CN3CCN(S(=O)(=O)c4ccc(Cl)c(Cl)c4)CC3)nc2c1)N1CCCCC1. The van der Waals surface area contributed by atoms with E-state index in [0.29, 0.717) is 60.3 Å². The molecule has 11 heteroatoms. The van der Waals surface area contributed by atoms with E-state index in [2.05, 4.69) is 9.88 Å². The number of carbonyl (C=O) groups excluding carboxylic acids is 1. The second-order valence-electron chi connectivity index (χ2n) is 8.90. The number of halogens is 2. The quantitative estimate of drug-likeness (QED) is 0.484. The summed E-state index contributed by atoms with van der Waals surface area (Å²) < 4.78 is 33.3. The third-order valence-electron chi connectivity index (χ3n) is 6.54. The van der Waals surface area contributed by atoms with Gasteiger partial charge in [-0.3, -0.25) is 9.69 Å². The van der Waals surface area contributed by atoms with E-state index in [0.717, 1.165) is 25.9 Å². The predicted octanol–water partition coefficient (Wildman–Crippen LogP) is 4.27. The molecule has 0 radical (unpaired) electrons. The molecular weight excluding hydrogens is 511 g/mol. The molecule has 1 amide bonds. The maximum Gasteiger partial charge on any atom is 0.253 e. The monoisotopic (exact) mass is 536 g/mol. The van der Waals surface area contributed by atoms with Crippen LogP contribution in [0.4, 0.5) is 0 Å². The van der Waals surface area contributed by atoms with Crippen molar-refractivity contribution >= 4 is 50.2 Å². The van der Waals surface area contributed by atoms with E-state index >= 15 is 0 Å². The zero-order chi connectivity index (χ0) is 24.6. The van der Waals surface area contributed by atoms with Crippen LogP contribution in [0.15, 0.2) is 45.7 Å². The Morgan fingerprint density at radius 2 is 1.66 bits per heavy atom. The molecule has 2 fully saturated rings. The largest absolute Gasteiger partial charge is 0.439 e. The molecule has 2 aromatic carbocycles. The molecule has 2 aliphatic rings. The molecule has 0 bridgehead atoms. The molecule has 3 aromatic rings. The third-order valence-corrected chi connectivity index (χ3v) is 9.17. The molecular formula is C24H26Cl2N4O4S. The van der Waals surface area contributed by atoms with Gasteiger partial charge in [-0.2, -0.15) is 4.31 Å². The molecule has 0 N–H and O–H groups in total. The summed E-state index contributed by atoms with van der Waals surface area (Å²) in [7, 11) is -3.65. The van der Waals surface area contributed by atoms with E-state index < -0.39 is 10.0 Å². The van der Waals surface area contributed by atoms with Gasteiger partial charge in [0.1, 0.15) is 5.52 Å². The summed E-state index contributed by atoms with van der Waals surface area (Å²) in [4.78, 5) is 21.5. The first-order valence-electron chi connectivity index (χ1n) is 11.7. The van der Waals surface area contributed by atoms with Crippen molar-refractivity contribution < 1.29 is 17.6 Å². The lowest BCUT2D eigenvalue weighted by Gasteiger charge is -2.33. The van der Waals surface area contributed by atoms with Crippen molar-refractivity contribution in [2.24, 2.45) is 0 Å². The van der Waals surface area contributed by atoms with Gasteiger partial charge in [0.25, 0.3) is 5.91 Å². The van der Waals surface area contributed by atoms with Crippen LogP contribution < -0.4 is 0 Å². The number of rotatable bonds is 5. The number of aromatic nitrogens is 1. The maximum absolute atomic E-state index is 13.0. The summed E-state index contributed by atoms with van der Waals surface area (Å²) in [6.45, 7) is 3.83. The Kier molecular flexibility index (Phi) is 7.05. The number of piperidine rings is 1. The minimum Gasteiger partial charge on any atom is -0.439 e. The lowest BCUT2D eigenvalue weighted by molar-refractivity contribution is 0.0724. The second-order valence-corrected chi connectivity index (χ2v) is 11.7. The average Bonchev–Trinajstić information content (AvgIpc) is 3.27. The highest BCUT2D eigenvalue weighted by Gasteiger charge is 2.29. The molecule has 186 valence electrons. The molecule has 0 aliphatic carbocycles. The molecule has 8 nitrogen and oxygen atoms in total. The summed E-state index contributed by atoms with van der Waals surface area (Å²) in [5.74, 6) is 0.582. The zero-order valence-corrected chi connectivity index (χ0v) is 21.4. The van der Waals surface area contributed by atoms with Crippen LogP contribution in [0.25, 0.3) is 11.1 Å². The smallest absolute Gasteiger partial charge is 0.253 e. The molecule has 0 atom stereocenters. The number of piperazine rings is 1. The number of likely N-dealkylation sites (tertiary alicyclic amines) is 1. The number of hydrogen-bond acceptors (Lipinski definition) is 6. The second kappa shape index (κ2) is 10.1. The highest BCUT2D eigenvalue weighted by molar-refractivity contribution is 7.89. The Labute approximate surface area is 214 Å². The fraction of sp³-hybridized carbons (Fsp3) is 0.417. The summed E-state index contributed by atoms with van der Waals surface area (Å²) >= 11 is 11.9. The first-order chi connectivity index (χ1) is 16.8. The van der Waals surface area contributed by atoms with Crippen LogP contribution >= 0.6 is 23.2 Å². The van der Waals surface area contributed by atoms with Crippen molar-refractivity contribution in [1.29, 1.82) is 0 Å². The van der Waals surface area contributed by atoms with Crippen molar-refractivity contribution in [3.8, 4) is 0 Å². The van der Waals surface area contributed by atoms with Crippen LogP contribution in [-0.2, 0) is 16.6 Å². The fourth-order valence-electron chi connectivity index (χ4n) is 4.56. The number of fused-ring (bicyclic) bond motifs is 1. The normalized spacial score (nSPS) is 18.3. The van der Waals surface area contributed by atoms with Crippen molar-refractivity contribution in [3.05, 3.63) is 57.9 Å². The number of carbonyl (C=O) groups is 1. The topological polar surface area (TPSA) is 87.0 Å². The van der Waals surface area contributed by atoms with E-state index in [-0.39, 0.29) is 15.8 Å². The Morgan fingerprint density at radius 3 is 2.37 bits per heavy atom. The number of hydrogen-bond donors (Lipinski definition) is 0. The maximum atomic E-state index is 13.0. The summed E-state index contributed by atoms with van der Waals surface area (Å²) in [5, 5.41) is 0.528. The fourth-order valence-corrected chi connectivity index (χ4v) is 6.37. The Morgan fingerprint density at radius 1 is 0.914 bits per heavy atom. The van der Waals surface area contributed by atoms with Gasteiger partial charge in [-0.05, 0) is 55.7 Å². The number of sulfonamides is 1. The van der Waals surface area contributed by atoms with Crippen molar-refractivity contribution in [2.75, 3.05) is 39.3 Å². The molecule has 2 saturated heterocycles. The molecule has 1 aromatic heterocycles. The third kappa shape index (κ3) is 5.20. The van der Waals surface area contributed by atoms with Crippen LogP contribution in [0.1, 0.15) is 35.5 Å². The molecule has 3 heterocycles. The molecule has 35 heavy (non-hydrogen) atoms. The van der Waals surface area contributed by atoms with Gasteiger partial charge >= 0.3 is 0 Å². The number of oxazole rings is 1. The Hall–Kier alpha value is -2.17. The van der Waals surface area contributed by atoms with E-state index in [1.165, 1.54) is 28.9 Å².